The number of aromatic nitrogens is 2. The van der Waals surface area contributed by atoms with Crippen LogP contribution >= 0.6 is 0 Å². The van der Waals surface area contributed by atoms with Crippen LogP contribution in [0.4, 0.5) is 17.2 Å². The Morgan fingerprint density at radius 2 is 1.83 bits per heavy atom. The number of anilines is 2. The van der Waals surface area contributed by atoms with Gasteiger partial charge in [0.15, 0.2) is 5.43 Å². The average Bonchev–Trinajstić information content (AvgIpc) is 2.76. The third-order valence-corrected chi connectivity index (χ3v) is 4.95. The van der Waals surface area contributed by atoms with Crippen LogP contribution in [-0.2, 0) is 13.6 Å². The van der Waals surface area contributed by atoms with E-state index in [1.54, 1.807) is 12.3 Å². The number of aryl methyl sites for hydroxylation is 1. The first-order valence-corrected chi connectivity index (χ1v) is 9.13. The number of nitrogens with two attached hydrogens (primary N) is 1. The fourth-order valence-corrected chi connectivity index (χ4v) is 3.57. The predicted octanol–water partition coefficient (Wildman–Crippen LogP) is 4.35. The molecule has 6 heteroatoms. The van der Waals surface area contributed by atoms with Crippen molar-refractivity contribution in [3.05, 3.63) is 94.1 Å². The molecule has 3 N–H and O–H groups in total. The molecular weight excluding hydrogens is 362 g/mol. The first kappa shape index (κ1) is 18.3. The molecule has 4 aromatic rings. The van der Waals surface area contributed by atoms with Crippen molar-refractivity contribution in [2.45, 2.75) is 6.54 Å². The van der Waals surface area contributed by atoms with E-state index in [0.29, 0.717) is 22.5 Å². The Labute approximate surface area is 168 Å². The van der Waals surface area contributed by atoms with Crippen LogP contribution in [0.25, 0.3) is 27.0 Å². The smallest absolute Gasteiger partial charge is 0.250 e. The van der Waals surface area contributed by atoms with Crippen molar-refractivity contribution in [3.8, 4) is 11.3 Å². The largest absolute Gasteiger partial charge is 0.407 e. The topological polar surface area (TPSA) is 77.3 Å². The summed E-state index contributed by atoms with van der Waals surface area (Å²) in [5.74, 6) is 0.370. The van der Waals surface area contributed by atoms with Gasteiger partial charge in [-0.15, -0.1) is 0 Å². The van der Waals surface area contributed by atoms with Crippen LogP contribution in [0, 0.1) is 6.57 Å². The normalized spacial score (nSPS) is 10.6. The summed E-state index contributed by atoms with van der Waals surface area (Å²) in [4.78, 5) is 21.1. The third kappa shape index (κ3) is 3.19. The van der Waals surface area contributed by atoms with Crippen LogP contribution in [0.3, 0.4) is 0 Å². The molecule has 142 valence electrons. The maximum absolute atomic E-state index is 13.4. The van der Waals surface area contributed by atoms with E-state index in [4.69, 9.17) is 12.3 Å². The molecule has 2 heterocycles. The highest BCUT2D eigenvalue weighted by atomic mass is 16.1. The summed E-state index contributed by atoms with van der Waals surface area (Å²) in [5, 5.41) is 3.80. The van der Waals surface area contributed by atoms with Gasteiger partial charge < -0.3 is 15.6 Å². The van der Waals surface area contributed by atoms with Crippen molar-refractivity contribution < 1.29 is 0 Å². The van der Waals surface area contributed by atoms with Crippen molar-refractivity contribution >= 4 is 28.1 Å². The van der Waals surface area contributed by atoms with Gasteiger partial charge in [-0.05, 0) is 23.8 Å². The highest BCUT2D eigenvalue weighted by Crippen LogP contribution is 2.31. The number of pyridine rings is 2. The SMILES string of the molecule is [C-]#[N+]c1c(N)ccnc1NCc1c(-c2ccccc2)n(C)c2ccccc2c1=O. The van der Waals surface area contributed by atoms with E-state index in [0.717, 1.165) is 16.8 Å². The molecule has 29 heavy (non-hydrogen) atoms. The summed E-state index contributed by atoms with van der Waals surface area (Å²) in [7, 11) is 1.96. The minimum atomic E-state index is -0.0432. The van der Waals surface area contributed by atoms with Crippen molar-refractivity contribution in [3.63, 3.8) is 0 Å². The number of nitrogen functional groups attached to an aromatic ring is 1. The van der Waals surface area contributed by atoms with E-state index in [2.05, 4.69) is 15.1 Å². The van der Waals surface area contributed by atoms with E-state index in [1.807, 2.05) is 66.2 Å². The maximum atomic E-state index is 13.4. The Kier molecular flexibility index (Phi) is 4.71. The van der Waals surface area contributed by atoms with Gasteiger partial charge in [-0.3, -0.25) is 9.78 Å². The van der Waals surface area contributed by atoms with Crippen LogP contribution in [0.5, 0.6) is 0 Å². The summed E-state index contributed by atoms with van der Waals surface area (Å²) in [6.45, 7) is 7.59. The Bertz CT molecular complexity index is 1300. The average molecular weight is 381 g/mol. The van der Waals surface area contributed by atoms with Gasteiger partial charge in [0.2, 0.25) is 5.69 Å². The van der Waals surface area contributed by atoms with Crippen molar-refractivity contribution in [2.24, 2.45) is 7.05 Å². The number of nitrogens with one attached hydrogen (secondary N) is 1. The minimum Gasteiger partial charge on any atom is -0.407 e. The Hall–Kier alpha value is -4.11. The van der Waals surface area contributed by atoms with Crippen molar-refractivity contribution in [1.82, 2.24) is 9.55 Å². The zero-order chi connectivity index (χ0) is 20.4. The van der Waals surface area contributed by atoms with E-state index in [-0.39, 0.29) is 17.7 Å². The second kappa shape index (κ2) is 7.49. The monoisotopic (exact) mass is 381 g/mol. The summed E-state index contributed by atoms with van der Waals surface area (Å²) in [6.07, 6.45) is 1.54. The predicted molar refractivity (Wildman–Crippen MR) is 117 cm³/mol. The number of benzene rings is 2. The molecule has 0 fully saturated rings. The zero-order valence-electron chi connectivity index (χ0n) is 15.9. The van der Waals surface area contributed by atoms with Crippen LogP contribution in [0.1, 0.15) is 5.56 Å². The van der Waals surface area contributed by atoms with Gasteiger partial charge in [0, 0.05) is 36.4 Å². The van der Waals surface area contributed by atoms with Gasteiger partial charge in [-0.2, -0.15) is 0 Å². The first-order valence-electron chi connectivity index (χ1n) is 9.13. The number of rotatable bonds is 4. The second-order valence-electron chi connectivity index (χ2n) is 6.66. The summed E-state index contributed by atoms with van der Waals surface area (Å²) < 4.78 is 2.03. The molecule has 2 aromatic heterocycles. The minimum absolute atomic E-state index is 0.0432. The molecule has 0 radical (unpaired) electrons. The van der Waals surface area contributed by atoms with Gasteiger partial charge in [-0.25, -0.2) is 4.85 Å². The molecule has 0 aliphatic heterocycles. The summed E-state index contributed by atoms with van der Waals surface area (Å²) >= 11 is 0. The molecule has 0 amide bonds. The third-order valence-electron chi connectivity index (χ3n) is 4.95. The van der Waals surface area contributed by atoms with Crippen LogP contribution in [0.2, 0.25) is 0 Å². The molecule has 0 aliphatic carbocycles. The van der Waals surface area contributed by atoms with Crippen LogP contribution < -0.4 is 16.5 Å². The summed E-state index contributed by atoms with van der Waals surface area (Å²) in [5.41, 5.74) is 9.70. The van der Waals surface area contributed by atoms with Crippen molar-refractivity contribution in [1.29, 1.82) is 0 Å². The van der Waals surface area contributed by atoms with E-state index < -0.39 is 0 Å². The fourth-order valence-electron chi connectivity index (χ4n) is 3.57. The van der Waals surface area contributed by atoms with Crippen molar-refractivity contribution in [2.75, 3.05) is 11.1 Å². The molecule has 0 saturated heterocycles. The Morgan fingerprint density at radius 1 is 1.10 bits per heavy atom. The molecule has 6 nitrogen and oxygen atoms in total. The Morgan fingerprint density at radius 3 is 2.59 bits per heavy atom. The number of hydrogen-bond donors (Lipinski definition) is 2. The van der Waals surface area contributed by atoms with Gasteiger partial charge in [-0.1, -0.05) is 42.5 Å². The van der Waals surface area contributed by atoms with E-state index >= 15 is 0 Å². The molecule has 0 bridgehead atoms. The number of hydrogen-bond acceptors (Lipinski definition) is 4. The van der Waals surface area contributed by atoms with Gasteiger partial charge in [0.05, 0.1) is 17.8 Å². The standard InChI is InChI=1S/C23H19N5O/c1-25-20-18(24)12-13-26-23(20)27-14-17-21(15-8-4-3-5-9-15)28(2)19-11-7-6-10-16(19)22(17)29/h3-13H,14H2,2H3,(H3,24,26,27). The van der Waals surface area contributed by atoms with E-state index in [1.165, 1.54) is 0 Å². The zero-order valence-corrected chi connectivity index (χ0v) is 15.9. The molecule has 2 aromatic carbocycles. The molecule has 0 aliphatic rings. The summed E-state index contributed by atoms with van der Waals surface area (Å²) in [6, 6.07) is 18.9. The molecule has 0 unspecified atom stereocenters. The van der Waals surface area contributed by atoms with Gasteiger partial charge in [0.1, 0.15) is 5.82 Å². The highest BCUT2D eigenvalue weighted by Gasteiger charge is 2.17. The highest BCUT2D eigenvalue weighted by molar-refractivity contribution is 5.85. The molecule has 0 spiro atoms. The first-order chi connectivity index (χ1) is 14.1. The Balaban J connectivity index is 1.90. The lowest BCUT2D eigenvalue weighted by molar-refractivity contribution is 0.932. The quantitative estimate of drug-likeness (QED) is 0.515. The van der Waals surface area contributed by atoms with Gasteiger partial charge >= 0.3 is 0 Å². The molecule has 0 atom stereocenters. The molecule has 0 saturated carbocycles. The lowest BCUT2D eigenvalue weighted by Gasteiger charge is -2.18. The molecule has 4 rings (SSSR count). The lowest BCUT2D eigenvalue weighted by Crippen LogP contribution is -2.20. The van der Waals surface area contributed by atoms with Crippen LogP contribution in [-0.4, -0.2) is 9.55 Å². The van der Waals surface area contributed by atoms with Gasteiger partial charge in [0.25, 0.3) is 0 Å². The fraction of sp³-hybridized carbons (Fsp3) is 0.0870. The van der Waals surface area contributed by atoms with E-state index in [9.17, 15) is 4.79 Å². The number of fused-ring (bicyclic) bond motifs is 1. The lowest BCUT2D eigenvalue weighted by atomic mass is 10.0. The number of nitrogens with zero attached hydrogens (tertiary/aromatic N) is 3. The number of para-hydroxylation sites is 1. The van der Waals surface area contributed by atoms with Crippen LogP contribution in [0.15, 0.2) is 71.7 Å². The maximum Gasteiger partial charge on any atom is 0.250 e. The molecular formula is C23H19N5O. The second-order valence-corrected chi connectivity index (χ2v) is 6.66.